The van der Waals surface area contributed by atoms with Gasteiger partial charge in [-0.15, -0.1) is 24.0 Å². The third kappa shape index (κ3) is 7.67. The Bertz CT molecular complexity index is 266. The fraction of sp³-hybridized carbons (Fsp3) is 0.933. The smallest absolute Gasteiger partial charge is 0.191 e. The Labute approximate surface area is 141 Å². The normalized spacial score (nSPS) is 24.7. The minimum absolute atomic E-state index is 0. The Balaban J connectivity index is 0.00000361. The summed E-state index contributed by atoms with van der Waals surface area (Å²) >= 11 is 0. The van der Waals surface area contributed by atoms with Gasteiger partial charge in [0.25, 0.3) is 0 Å². The molecule has 1 atom stereocenters. The van der Waals surface area contributed by atoms with Gasteiger partial charge in [0.05, 0.1) is 6.61 Å². The van der Waals surface area contributed by atoms with Crippen molar-refractivity contribution in [3.05, 3.63) is 0 Å². The summed E-state index contributed by atoms with van der Waals surface area (Å²) in [5.41, 5.74) is 0. The third-order valence-electron chi connectivity index (χ3n) is 4.13. The molecule has 0 aromatic carbocycles. The molecule has 0 aromatic heterocycles. The molecule has 1 saturated carbocycles. The number of nitrogens with one attached hydrogen (secondary N) is 2. The Morgan fingerprint density at radius 2 is 1.85 bits per heavy atom. The molecule has 0 heterocycles. The largest absolute Gasteiger partial charge is 0.383 e. The van der Waals surface area contributed by atoms with Crippen molar-refractivity contribution < 1.29 is 4.74 Å². The third-order valence-corrected chi connectivity index (χ3v) is 4.13. The summed E-state index contributed by atoms with van der Waals surface area (Å²) in [6.45, 7) is 6.15. The zero-order valence-electron chi connectivity index (χ0n) is 13.4. The molecule has 0 aliphatic heterocycles. The predicted molar refractivity (Wildman–Crippen MR) is 97.0 cm³/mol. The molecule has 0 amide bonds. The lowest BCUT2D eigenvalue weighted by atomic mass is 9.81. The van der Waals surface area contributed by atoms with E-state index in [1.54, 1.807) is 7.11 Å². The van der Waals surface area contributed by atoms with Gasteiger partial charge in [-0.05, 0) is 31.6 Å². The Kier molecular flexibility index (Phi) is 11.6. The van der Waals surface area contributed by atoms with Crippen LogP contribution in [0.1, 0.15) is 46.0 Å². The topological polar surface area (TPSA) is 45.7 Å². The van der Waals surface area contributed by atoms with E-state index in [9.17, 15) is 0 Å². The van der Waals surface area contributed by atoms with E-state index in [0.717, 1.165) is 24.3 Å². The molecule has 4 nitrogen and oxygen atoms in total. The van der Waals surface area contributed by atoms with Gasteiger partial charge in [0.2, 0.25) is 0 Å². The van der Waals surface area contributed by atoms with Crippen LogP contribution >= 0.6 is 24.0 Å². The first-order valence-electron chi connectivity index (χ1n) is 7.65. The highest BCUT2D eigenvalue weighted by atomic mass is 127. The van der Waals surface area contributed by atoms with Crippen molar-refractivity contribution in [2.75, 3.05) is 27.3 Å². The van der Waals surface area contributed by atoms with Gasteiger partial charge in [0, 0.05) is 26.7 Å². The molecule has 5 heteroatoms. The zero-order chi connectivity index (χ0) is 14.1. The van der Waals surface area contributed by atoms with Crippen LogP contribution in [0.25, 0.3) is 0 Å². The van der Waals surface area contributed by atoms with Crippen molar-refractivity contribution in [3.63, 3.8) is 0 Å². The van der Waals surface area contributed by atoms with Crippen molar-refractivity contribution >= 4 is 29.9 Å². The lowest BCUT2D eigenvalue weighted by Gasteiger charge is -2.28. The SMILES string of the molecule is CCC1CCC(CNC(=NC)NC(C)COC)CC1.I. The molecule has 0 saturated heterocycles. The first kappa shape index (κ1) is 20.0. The highest BCUT2D eigenvalue weighted by Gasteiger charge is 2.20. The number of guanidine groups is 1. The molecule has 1 aliphatic rings. The van der Waals surface area contributed by atoms with Crippen molar-refractivity contribution in [3.8, 4) is 0 Å². The van der Waals surface area contributed by atoms with Crippen LogP contribution in [0.15, 0.2) is 4.99 Å². The van der Waals surface area contributed by atoms with Gasteiger partial charge in [-0.25, -0.2) is 0 Å². The number of aliphatic imine (C=N–C) groups is 1. The molecule has 1 rings (SSSR count). The van der Waals surface area contributed by atoms with Gasteiger partial charge < -0.3 is 15.4 Å². The van der Waals surface area contributed by atoms with Gasteiger partial charge in [0.1, 0.15) is 0 Å². The van der Waals surface area contributed by atoms with Crippen LogP contribution in [-0.2, 0) is 4.74 Å². The van der Waals surface area contributed by atoms with E-state index in [2.05, 4.69) is 29.5 Å². The van der Waals surface area contributed by atoms with Crippen molar-refractivity contribution in [1.29, 1.82) is 0 Å². The van der Waals surface area contributed by atoms with Gasteiger partial charge in [0.15, 0.2) is 5.96 Å². The van der Waals surface area contributed by atoms with E-state index >= 15 is 0 Å². The molecule has 1 unspecified atom stereocenters. The summed E-state index contributed by atoms with van der Waals surface area (Å²) in [4.78, 5) is 4.26. The maximum atomic E-state index is 5.12. The number of halogens is 1. The monoisotopic (exact) mass is 397 g/mol. The summed E-state index contributed by atoms with van der Waals surface area (Å²) in [7, 11) is 3.55. The maximum Gasteiger partial charge on any atom is 0.191 e. The Hall–Kier alpha value is -0.0400. The fourth-order valence-electron chi connectivity index (χ4n) is 2.80. The van der Waals surface area contributed by atoms with Crippen LogP contribution in [-0.4, -0.2) is 39.3 Å². The molecule has 20 heavy (non-hydrogen) atoms. The first-order valence-corrected chi connectivity index (χ1v) is 7.65. The van der Waals surface area contributed by atoms with Crippen LogP contribution in [0.5, 0.6) is 0 Å². The van der Waals surface area contributed by atoms with E-state index in [1.807, 2.05) is 7.05 Å². The summed E-state index contributed by atoms with van der Waals surface area (Å²) in [6.07, 6.45) is 6.86. The van der Waals surface area contributed by atoms with Crippen LogP contribution in [0.4, 0.5) is 0 Å². The van der Waals surface area contributed by atoms with E-state index in [1.165, 1.54) is 32.1 Å². The average Bonchev–Trinajstić information content (AvgIpc) is 2.44. The molecule has 0 aromatic rings. The summed E-state index contributed by atoms with van der Waals surface area (Å²) in [6, 6.07) is 0.284. The minimum atomic E-state index is 0. The van der Waals surface area contributed by atoms with Gasteiger partial charge in [-0.1, -0.05) is 26.2 Å². The average molecular weight is 397 g/mol. The van der Waals surface area contributed by atoms with Gasteiger partial charge in [-0.3, -0.25) is 4.99 Å². The number of ether oxygens (including phenoxy) is 1. The second-order valence-corrected chi connectivity index (χ2v) is 5.75. The number of rotatable bonds is 6. The van der Waals surface area contributed by atoms with Gasteiger partial charge in [-0.2, -0.15) is 0 Å². The molecule has 2 N–H and O–H groups in total. The van der Waals surface area contributed by atoms with E-state index in [4.69, 9.17) is 4.74 Å². The summed E-state index contributed by atoms with van der Waals surface area (Å²) in [5, 5.41) is 6.79. The van der Waals surface area contributed by atoms with Crippen LogP contribution in [0.2, 0.25) is 0 Å². The molecule has 0 radical (unpaired) electrons. The summed E-state index contributed by atoms with van der Waals surface area (Å²) < 4.78 is 5.12. The number of nitrogens with zero attached hydrogens (tertiary/aromatic N) is 1. The molecule has 120 valence electrons. The lowest BCUT2D eigenvalue weighted by molar-refractivity contribution is 0.178. The quantitative estimate of drug-likeness (QED) is 0.412. The minimum Gasteiger partial charge on any atom is -0.383 e. The number of methoxy groups -OCH3 is 1. The highest BCUT2D eigenvalue weighted by molar-refractivity contribution is 14.0. The fourth-order valence-corrected chi connectivity index (χ4v) is 2.80. The van der Waals surface area contributed by atoms with Crippen LogP contribution in [0, 0.1) is 11.8 Å². The Morgan fingerprint density at radius 3 is 2.35 bits per heavy atom. The standard InChI is InChI=1S/C15H31N3O.HI/c1-5-13-6-8-14(9-7-13)10-17-15(16-3)18-12(2)11-19-4;/h12-14H,5-11H2,1-4H3,(H2,16,17,18);1H. The van der Waals surface area contributed by atoms with E-state index in [0.29, 0.717) is 6.61 Å². The van der Waals surface area contributed by atoms with Crippen LogP contribution in [0.3, 0.4) is 0 Å². The molecule has 0 bridgehead atoms. The van der Waals surface area contributed by atoms with E-state index in [-0.39, 0.29) is 30.0 Å². The molecule has 1 fully saturated rings. The van der Waals surface area contributed by atoms with Gasteiger partial charge >= 0.3 is 0 Å². The Morgan fingerprint density at radius 1 is 1.25 bits per heavy atom. The van der Waals surface area contributed by atoms with E-state index < -0.39 is 0 Å². The summed E-state index contributed by atoms with van der Waals surface area (Å²) in [5.74, 6) is 2.66. The second-order valence-electron chi connectivity index (χ2n) is 5.75. The first-order chi connectivity index (χ1) is 9.19. The zero-order valence-corrected chi connectivity index (χ0v) is 15.8. The van der Waals surface area contributed by atoms with Crippen molar-refractivity contribution in [2.45, 2.75) is 52.0 Å². The number of hydrogen-bond acceptors (Lipinski definition) is 2. The molecule has 1 aliphatic carbocycles. The van der Waals surface area contributed by atoms with Crippen molar-refractivity contribution in [1.82, 2.24) is 10.6 Å². The highest BCUT2D eigenvalue weighted by Crippen LogP contribution is 2.29. The van der Waals surface area contributed by atoms with Crippen molar-refractivity contribution in [2.24, 2.45) is 16.8 Å². The molecular weight excluding hydrogens is 365 g/mol. The number of hydrogen-bond donors (Lipinski definition) is 2. The molecule has 0 spiro atoms. The predicted octanol–water partition coefficient (Wildman–Crippen LogP) is 3.02. The van der Waals surface area contributed by atoms with Crippen LogP contribution < -0.4 is 10.6 Å². The maximum absolute atomic E-state index is 5.12. The molecular formula is C15H32IN3O. The lowest BCUT2D eigenvalue weighted by Crippen LogP contribution is -2.45. The second kappa shape index (κ2) is 11.6.